The summed E-state index contributed by atoms with van der Waals surface area (Å²) in [4.78, 5) is 10.5. The predicted octanol–water partition coefficient (Wildman–Crippen LogP) is 2.31. The van der Waals surface area contributed by atoms with E-state index in [1.54, 1.807) is 0 Å². The van der Waals surface area contributed by atoms with E-state index in [2.05, 4.69) is 21.8 Å². The minimum atomic E-state index is 0.318. The van der Waals surface area contributed by atoms with E-state index in [9.17, 15) is 0 Å². The van der Waals surface area contributed by atoms with Gasteiger partial charge in [-0.3, -0.25) is 0 Å². The highest BCUT2D eigenvalue weighted by Crippen LogP contribution is 2.24. The molecule has 0 aromatic carbocycles. The second kappa shape index (κ2) is 5.65. The molecule has 1 fully saturated rings. The van der Waals surface area contributed by atoms with Crippen LogP contribution in [0.25, 0.3) is 0 Å². The van der Waals surface area contributed by atoms with Crippen LogP contribution in [0.4, 0.5) is 5.82 Å². The highest BCUT2D eigenvalue weighted by atomic mass is 35.5. The topological polar surface area (TPSA) is 38.2 Å². The fourth-order valence-electron chi connectivity index (χ4n) is 2.20. The maximum atomic E-state index is 6.08. The lowest BCUT2D eigenvalue weighted by molar-refractivity contribution is 0.116. The van der Waals surface area contributed by atoms with Gasteiger partial charge < -0.3 is 9.64 Å². The van der Waals surface area contributed by atoms with E-state index in [0.717, 1.165) is 43.8 Å². The molecule has 5 heteroatoms. The maximum absolute atomic E-state index is 6.08. The summed E-state index contributed by atoms with van der Waals surface area (Å²) >= 11 is 6.08. The van der Waals surface area contributed by atoms with Gasteiger partial charge in [0.1, 0.15) is 17.3 Å². The van der Waals surface area contributed by atoms with Crippen molar-refractivity contribution in [2.75, 3.05) is 25.1 Å². The molecular weight excluding hydrogens is 238 g/mol. The summed E-state index contributed by atoms with van der Waals surface area (Å²) in [5.41, 5.74) is 1.01. The molecule has 0 saturated carbocycles. The van der Waals surface area contributed by atoms with E-state index in [0.29, 0.717) is 11.3 Å². The summed E-state index contributed by atoms with van der Waals surface area (Å²) in [5.74, 6) is 0.919. The standard InChI is InChI=1S/C12H18ClN3O/c1-3-10-11(13)14-8-15-12(10)16(2)7-9-5-4-6-17-9/h8-9H,3-7H2,1-2H3. The summed E-state index contributed by atoms with van der Waals surface area (Å²) in [5, 5.41) is 0.552. The molecule has 1 aliphatic rings. The lowest BCUT2D eigenvalue weighted by Crippen LogP contribution is -2.30. The van der Waals surface area contributed by atoms with Gasteiger partial charge in [0, 0.05) is 25.8 Å². The first-order chi connectivity index (χ1) is 8.22. The van der Waals surface area contributed by atoms with E-state index in [1.165, 1.54) is 6.33 Å². The molecule has 94 valence electrons. The highest BCUT2D eigenvalue weighted by Gasteiger charge is 2.20. The van der Waals surface area contributed by atoms with Crippen molar-refractivity contribution in [3.63, 3.8) is 0 Å². The first-order valence-electron chi connectivity index (χ1n) is 6.04. The van der Waals surface area contributed by atoms with Gasteiger partial charge in [-0.2, -0.15) is 0 Å². The van der Waals surface area contributed by atoms with Crippen LogP contribution in [0.5, 0.6) is 0 Å². The van der Waals surface area contributed by atoms with E-state index in [4.69, 9.17) is 16.3 Å². The number of ether oxygens (including phenoxy) is 1. The van der Waals surface area contributed by atoms with Crippen molar-refractivity contribution >= 4 is 17.4 Å². The maximum Gasteiger partial charge on any atom is 0.137 e. The largest absolute Gasteiger partial charge is 0.376 e. The Morgan fingerprint density at radius 1 is 1.53 bits per heavy atom. The first-order valence-corrected chi connectivity index (χ1v) is 6.42. The Hall–Kier alpha value is -0.870. The zero-order chi connectivity index (χ0) is 12.3. The number of halogens is 1. The predicted molar refractivity (Wildman–Crippen MR) is 68.7 cm³/mol. The molecule has 0 radical (unpaired) electrons. The summed E-state index contributed by atoms with van der Waals surface area (Å²) in [6.07, 6.45) is 4.96. The second-order valence-electron chi connectivity index (χ2n) is 4.34. The lowest BCUT2D eigenvalue weighted by atomic mass is 10.2. The number of likely N-dealkylation sites (N-methyl/N-ethyl adjacent to an activating group) is 1. The number of nitrogens with zero attached hydrogens (tertiary/aromatic N) is 3. The molecule has 2 rings (SSSR count). The quantitative estimate of drug-likeness (QED) is 0.774. The Morgan fingerprint density at radius 3 is 3.00 bits per heavy atom. The lowest BCUT2D eigenvalue weighted by Gasteiger charge is -2.23. The van der Waals surface area contributed by atoms with Crippen LogP contribution >= 0.6 is 11.6 Å². The average molecular weight is 256 g/mol. The van der Waals surface area contributed by atoms with E-state index in [-0.39, 0.29) is 0 Å². The number of rotatable bonds is 4. The second-order valence-corrected chi connectivity index (χ2v) is 4.69. The molecule has 1 saturated heterocycles. The van der Waals surface area contributed by atoms with Gasteiger partial charge in [0.05, 0.1) is 6.10 Å². The molecule has 1 atom stereocenters. The van der Waals surface area contributed by atoms with Gasteiger partial charge in [-0.15, -0.1) is 0 Å². The third kappa shape index (κ3) is 2.87. The molecule has 1 aromatic heterocycles. The molecule has 0 bridgehead atoms. The Labute approximate surface area is 107 Å². The molecule has 2 heterocycles. The van der Waals surface area contributed by atoms with Crippen molar-refractivity contribution in [1.82, 2.24) is 9.97 Å². The Bertz CT molecular complexity index is 380. The summed E-state index contributed by atoms with van der Waals surface area (Å²) in [6.45, 7) is 3.80. The third-order valence-electron chi connectivity index (χ3n) is 3.09. The summed E-state index contributed by atoms with van der Waals surface area (Å²) in [6, 6.07) is 0. The van der Waals surface area contributed by atoms with Crippen LogP contribution in [0.15, 0.2) is 6.33 Å². The number of anilines is 1. The zero-order valence-corrected chi connectivity index (χ0v) is 11.1. The van der Waals surface area contributed by atoms with Crippen molar-refractivity contribution in [3.05, 3.63) is 17.0 Å². The van der Waals surface area contributed by atoms with Crippen molar-refractivity contribution in [1.29, 1.82) is 0 Å². The fraction of sp³-hybridized carbons (Fsp3) is 0.667. The SMILES string of the molecule is CCc1c(Cl)ncnc1N(C)CC1CCCO1. The van der Waals surface area contributed by atoms with Crippen molar-refractivity contribution in [2.24, 2.45) is 0 Å². The van der Waals surface area contributed by atoms with Crippen LogP contribution in [0.3, 0.4) is 0 Å². The average Bonchev–Trinajstić information content (AvgIpc) is 2.81. The van der Waals surface area contributed by atoms with Gasteiger partial charge in [-0.25, -0.2) is 9.97 Å². The van der Waals surface area contributed by atoms with Gasteiger partial charge in [0.2, 0.25) is 0 Å². The number of hydrogen-bond donors (Lipinski definition) is 0. The van der Waals surface area contributed by atoms with Gasteiger partial charge in [0.25, 0.3) is 0 Å². The van der Waals surface area contributed by atoms with Crippen LogP contribution in [0.2, 0.25) is 5.15 Å². The molecule has 4 nitrogen and oxygen atoms in total. The van der Waals surface area contributed by atoms with E-state index < -0.39 is 0 Å². The smallest absolute Gasteiger partial charge is 0.137 e. The minimum Gasteiger partial charge on any atom is -0.376 e. The Kier molecular flexibility index (Phi) is 4.18. The molecule has 1 unspecified atom stereocenters. The Morgan fingerprint density at radius 2 is 2.35 bits per heavy atom. The molecule has 1 aliphatic heterocycles. The fourth-order valence-corrected chi connectivity index (χ4v) is 2.46. The third-order valence-corrected chi connectivity index (χ3v) is 3.41. The van der Waals surface area contributed by atoms with Gasteiger partial charge in [0.15, 0.2) is 0 Å². The Balaban J connectivity index is 2.12. The molecule has 0 amide bonds. The molecule has 0 N–H and O–H groups in total. The van der Waals surface area contributed by atoms with Crippen molar-refractivity contribution in [3.8, 4) is 0 Å². The van der Waals surface area contributed by atoms with Crippen molar-refractivity contribution < 1.29 is 4.74 Å². The summed E-state index contributed by atoms with van der Waals surface area (Å²) < 4.78 is 5.63. The molecular formula is C12H18ClN3O. The zero-order valence-electron chi connectivity index (χ0n) is 10.3. The number of aromatic nitrogens is 2. The molecule has 1 aromatic rings. The molecule has 0 spiro atoms. The van der Waals surface area contributed by atoms with Crippen LogP contribution in [-0.4, -0.2) is 36.3 Å². The van der Waals surface area contributed by atoms with Gasteiger partial charge in [-0.1, -0.05) is 18.5 Å². The van der Waals surface area contributed by atoms with E-state index >= 15 is 0 Å². The van der Waals surface area contributed by atoms with Crippen LogP contribution < -0.4 is 4.90 Å². The number of hydrogen-bond acceptors (Lipinski definition) is 4. The van der Waals surface area contributed by atoms with Crippen LogP contribution in [0.1, 0.15) is 25.3 Å². The monoisotopic (exact) mass is 255 g/mol. The summed E-state index contributed by atoms with van der Waals surface area (Å²) in [7, 11) is 2.03. The minimum absolute atomic E-state index is 0.318. The molecule has 0 aliphatic carbocycles. The van der Waals surface area contributed by atoms with E-state index in [1.807, 2.05) is 7.05 Å². The van der Waals surface area contributed by atoms with Crippen molar-refractivity contribution in [2.45, 2.75) is 32.3 Å². The van der Waals surface area contributed by atoms with Crippen LogP contribution in [-0.2, 0) is 11.2 Å². The van der Waals surface area contributed by atoms with Gasteiger partial charge in [-0.05, 0) is 19.3 Å². The molecule has 17 heavy (non-hydrogen) atoms. The van der Waals surface area contributed by atoms with Crippen LogP contribution in [0, 0.1) is 0 Å². The first kappa shape index (κ1) is 12.6. The highest BCUT2D eigenvalue weighted by molar-refractivity contribution is 6.30. The van der Waals surface area contributed by atoms with Gasteiger partial charge >= 0.3 is 0 Å². The normalized spacial score (nSPS) is 19.6.